The first kappa shape index (κ1) is 18.3. The Balaban J connectivity index is 2.84. The van der Waals surface area contributed by atoms with Crippen LogP contribution in [-0.4, -0.2) is 48.0 Å². The Labute approximate surface area is 130 Å². The molecule has 0 aliphatic rings. The number of rotatable bonds is 11. The molecule has 22 heavy (non-hydrogen) atoms. The second kappa shape index (κ2) is 10.1. The zero-order valence-corrected chi connectivity index (χ0v) is 13.0. The number of aliphatic hydroxyl groups is 2. The maximum absolute atomic E-state index is 11.2. The lowest BCUT2D eigenvalue weighted by atomic mass is 10.1. The monoisotopic (exact) mass is 313 g/mol. The summed E-state index contributed by atoms with van der Waals surface area (Å²) in [6.45, 7) is 4.00. The minimum absolute atomic E-state index is 0.00956. The third kappa shape index (κ3) is 5.97. The SMILES string of the molecule is CCCCOc1ccc(C[NH+](CCO)CCO)cc1[N+](=O)[O-]. The van der Waals surface area contributed by atoms with Gasteiger partial charge in [-0.05, 0) is 18.6 Å². The highest BCUT2D eigenvalue weighted by Gasteiger charge is 2.18. The lowest BCUT2D eigenvalue weighted by Gasteiger charge is -2.17. The molecule has 0 saturated heterocycles. The van der Waals surface area contributed by atoms with Crippen molar-refractivity contribution in [1.82, 2.24) is 0 Å². The molecule has 7 heteroatoms. The van der Waals surface area contributed by atoms with Gasteiger partial charge in [0.1, 0.15) is 19.6 Å². The standard InChI is InChI=1S/C15H24N2O5/c1-2-3-10-22-15-5-4-13(11-14(15)17(20)21)12-16(6-8-18)7-9-19/h4-5,11,18-19H,2-3,6-10,12H2,1H3/p+1. The fourth-order valence-electron chi connectivity index (χ4n) is 2.17. The smallest absolute Gasteiger partial charge is 0.311 e. The summed E-state index contributed by atoms with van der Waals surface area (Å²) in [5.74, 6) is 0.285. The molecule has 124 valence electrons. The minimum atomic E-state index is -0.442. The fourth-order valence-corrected chi connectivity index (χ4v) is 2.17. The van der Waals surface area contributed by atoms with Crippen LogP contribution in [0, 0.1) is 10.1 Å². The summed E-state index contributed by atoms with van der Waals surface area (Å²) in [6, 6.07) is 4.93. The van der Waals surface area contributed by atoms with E-state index in [1.165, 1.54) is 6.07 Å². The lowest BCUT2D eigenvalue weighted by Crippen LogP contribution is -3.11. The van der Waals surface area contributed by atoms with Gasteiger partial charge in [-0.1, -0.05) is 13.3 Å². The van der Waals surface area contributed by atoms with Gasteiger partial charge < -0.3 is 19.8 Å². The molecule has 0 aromatic heterocycles. The van der Waals surface area contributed by atoms with Crippen molar-refractivity contribution in [2.24, 2.45) is 0 Å². The van der Waals surface area contributed by atoms with E-state index in [0.717, 1.165) is 23.3 Å². The summed E-state index contributed by atoms with van der Waals surface area (Å²) in [4.78, 5) is 11.7. The molecule has 0 amide bonds. The van der Waals surface area contributed by atoms with Crippen LogP contribution in [0.15, 0.2) is 18.2 Å². The highest BCUT2D eigenvalue weighted by atomic mass is 16.6. The predicted molar refractivity (Wildman–Crippen MR) is 82.1 cm³/mol. The van der Waals surface area contributed by atoms with Gasteiger partial charge in [0.05, 0.1) is 24.7 Å². The van der Waals surface area contributed by atoms with Crippen LogP contribution in [0.2, 0.25) is 0 Å². The molecule has 0 atom stereocenters. The molecule has 0 bridgehead atoms. The van der Waals surface area contributed by atoms with Crippen molar-refractivity contribution >= 4 is 5.69 Å². The van der Waals surface area contributed by atoms with Gasteiger partial charge in [0.2, 0.25) is 0 Å². The third-order valence-electron chi connectivity index (χ3n) is 3.36. The van der Waals surface area contributed by atoms with Crippen molar-refractivity contribution in [2.75, 3.05) is 32.9 Å². The van der Waals surface area contributed by atoms with Crippen molar-refractivity contribution in [2.45, 2.75) is 26.3 Å². The van der Waals surface area contributed by atoms with Gasteiger partial charge in [0.15, 0.2) is 5.75 Å². The van der Waals surface area contributed by atoms with E-state index in [-0.39, 0.29) is 24.7 Å². The lowest BCUT2D eigenvalue weighted by molar-refractivity contribution is -0.914. The predicted octanol–water partition coefficient (Wildman–Crippen LogP) is 0.143. The van der Waals surface area contributed by atoms with Gasteiger partial charge >= 0.3 is 5.69 Å². The quantitative estimate of drug-likeness (QED) is 0.307. The summed E-state index contributed by atoms with van der Waals surface area (Å²) in [5.41, 5.74) is 0.743. The number of unbranched alkanes of at least 4 members (excludes halogenated alkanes) is 1. The second-order valence-corrected chi connectivity index (χ2v) is 5.14. The minimum Gasteiger partial charge on any atom is -0.487 e. The molecule has 0 fully saturated rings. The topological polar surface area (TPSA) is 97.3 Å². The van der Waals surface area contributed by atoms with Crippen molar-refractivity contribution in [3.63, 3.8) is 0 Å². The van der Waals surface area contributed by atoms with E-state index in [1.54, 1.807) is 12.1 Å². The summed E-state index contributed by atoms with van der Waals surface area (Å²) in [6.07, 6.45) is 1.82. The number of aliphatic hydroxyl groups excluding tert-OH is 2. The molecule has 3 N–H and O–H groups in total. The van der Waals surface area contributed by atoms with E-state index < -0.39 is 4.92 Å². The first-order valence-corrected chi connectivity index (χ1v) is 7.57. The van der Waals surface area contributed by atoms with E-state index in [0.29, 0.717) is 26.2 Å². The number of quaternary nitrogens is 1. The molecule has 0 aliphatic carbocycles. The number of nitro groups is 1. The molecule has 1 rings (SSSR count). The maximum atomic E-state index is 11.2. The van der Waals surface area contributed by atoms with E-state index in [4.69, 9.17) is 14.9 Å². The normalized spacial score (nSPS) is 10.9. The average molecular weight is 313 g/mol. The molecular weight excluding hydrogens is 288 g/mol. The first-order valence-electron chi connectivity index (χ1n) is 7.57. The van der Waals surface area contributed by atoms with E-state index in [9.17, 15) is 10.1 Å². The second-order valence-electron chi connectivity index (χ2n) is 5.14. The van der Waals surface area contributed by atoms with Gasteiger partial charge in [-0.25, -0.2) is 0 Å². The first-order chi connectivity index (χ1) is 10.6. The summed E-state index contributed by atoms with van der Waals surface area (Å²) in [5, 5.41) is 29.2. The van der Waals surface area contributed by atoms with Crippen LogP contribution >= 0.6 is 0 Å². The Morgan fingerprint density at radius 1 is 1.27 bits per heavy atom. The van der Waals surface area contributed by atoms with Crippen molar-refractivity contribution in [3.05, 3.63) is 33.9 Å². The average Bonchev–Trinajstić information content (AvgIpc) is 2.49. The summed E-state index contributed by atoms with van der Waals surface area (Å²) in [7, 11) is 0. The number of hydrogen-bond donors (Lipinski definition) is 3. The molecule has 0 unspecified atom stereocenters. The van der Waals surface area contributed by atoms with Crippen molar-refractivity contribution in [3.8, 4) is 5.75 Å². The van der Waals surface area contributed by atoms with Crippen molar-refractivity contribution in [1.29, 1.82) is 0 Å². The number of ether oxygens (including phenoxy) is 1. The van der Waals surface area contributed by atoms with Gasteiger partial charge in [-0.3, -0.25) is 10.1 Å². The van der Waals surface area contributed by atoms with Gasteiger partial charge in [0.25, 0.3) is 0 Å². The van der Waals surface area contributed by atoms with E-state index >= 15 is 0 Å². The Hall–Kier alpha value is -1.70. The van der Waals surface area contributed by atoms with E-state index in [2.05, 4.69) is 0 Å². The van der Waals surface area contributed by atoms with Crippen LogP contribution in [0.5, 0.6) is 5.75 Å². The van der Waals surface area contributed by atoms with Gasteiger partial charge in [-0.15, -0.1) is 0 Å². The third-order valence-corrected chi connectivity index (χ3v) is 3.36. The number of nitrogens with zero attached hydrogens (tertiary/aromatic N) is 1. The Bertz CT molecular complexity index is 461. The van der Waals surface area contributed by atoms with Crippen molar-refractivity contribution < 1.29 is 24.8 Å². The molecule has 0 spiro atoms. The molecule has 1 aromatic rings. The molecular formula is C15H25N2O5+. The fraction of sp³-hybridized carbons (Fsp3) is 0.600. The van der Waals surface area contributed by atoms with Crippen LogP contribution in [0.4, 0.5) is 5.69 Å². The maximum Gasteiger partial charge on any atom is 0.311 e. The van der Waals surface area contributed by atoms with Crippen LogP contribution in [0.25, 0.3) is 0 Å². The Morgan fingerprint density at radius 2 is 1.95 bits per heavy atom. The number of hydrogen-bond acceptors (Lipinski definition) is 5. The van der Waals surface area contributed by atoms with Crippen LogP contribution in [-0.2, 0) is 6.54 Å². The molecule has 0 radical (unpaired) electrons. The Morgan fingerprint density at radius 3 is 2.50 bits per heavy atom. The number of benzene rings is 1. The van der Waals surface area contributed by atoms with Gasteiger partial charge in [-0.2, -0.15) is 0 Å². The van der Waals surface area contributed by atoms with Crippen LogP contribution < -0.4 is 9.64 Å². The molecule has 1 aromatic carbocycles. The summed E-state index contributed by atoms with van der Waals surface area (Å²) >= 11 is 0. The zero-order chi connectivity index (χ0) is 16.4. The van der Waals surface area contributed by atoms with Crippen LogP contribution in [0.1, 0.15) is 25.3 Å². The van der Waals surface area contributed by atoms with E-state index in [1.807, 2.05) is 6.92 Å². The summed E-state index contributed by atoms with van der Waals surface area (Å²) < 4.78 is 5.47. The zero-order valence-electron chi connectivity index (χ0n) is 13.0. The van der Waals surface area contributed by atoms with Gasteiger partial charge in [0, 0.05) is 11.6 Å². The number of nitrogens with one attached hydrogen (secondary N) is 1. The highest BCUT2D eigenvalue weighted by molar-refractivity contribution is 5.48. The molecule has 0 heterocycles. The molecule has 0 saturated carbocycles. The molecule has 0 aliphatic heterocycles. The molecule has 7 nitrogen and oxygen atoms in total. The Kier molecular flexibility index (Phi) is 8.42. The highest BCUT2D eigenvalue weighted by Crippen LogP contribution is 2.28. The largest absolute Gasteiger partial charge is 0.487 e. The van der Waals surface area contributed by atoms with Crippen LogP contribution in [0.3, 0.4) is 0 Å². The number of nitro benzene ring substituents is 1.